The van der Waals surface area contributed by atoms with E-state index in [1.165, 1.54) is 12.1 Å². The number of nitrogens with zero attached hydrogens (tertiary/aromatic N) is 1. The summed E-state index contributed by atoms with van der Waals surface area (Å²) in [7, 11) is 0. The van der Waals surface area contributed by atoms with Crippen LogP contribution in [-0.4, -0.2) is 10.8 Å². The molecule has 0 aliphatic rings. The smallest absolute Gasteiger partial charge is 0.169 e. The molecule has 0 saturated carbocycles. The molecule has 104 valence electrons. The van der Waals surface area contributed by atoms with E-state index in [-0.39, 0.29) is 18.0 Å². The molecule has 3 aromatic rings. The van der Waals surface area contributed by atoms with Gasteiger partial charge in [-0.2, -0.15) is 0 Å². The van der Waals surface area contributed by atoms with Gasteiger partial charge in [0, 0.05) is 28.0 Å². The third-order valence-electron chi connectivity index (χ3n) is 3.29. The number of fused-ring (bicyclic) bond motifs is 1. The van der Waals surface area contributed by atoms with Crippen molar-refractivity contribution >= 4 is 32.6 Å². The number of carbonyl (C=O) groups excluding carboxylic acids is 1. The molecule has 0 fully saturated rings. The number of rotatable bonds is 3. The predicted molar refractivity (Wildman–Crippen MR) is 83.9 cm³/mol. The highest BCUT2D eigenvalue weighted by Crippen LogP contribution is 2.22. The summed E-state index contributed by atoms with van der Waals surface area (Å²) in [6, 6.07) is 13.6. The molecule has 4 heteroatoms. The number of hydrogen-bond acceptors (Lipinski definition) is 2. The number of ketones is 1. The molecule has 1 aromatic heterocycles. The minimum absolute atomic E-state index is 0.0781. The SMILES string of the molecule is O=C(Cc1cc(F)ccc1Br)c1cccc2cccnc12. The summed E-state index contributed by atoms with van der Waals surface area (Å²) in [6.45, 7) is 0. The molecular formula is C17H11BrFNO. The molecule has 0 atom stereocenters. The van der Waals surface area contributed by atoms with Crippen molar-refractivity contribution in [3.05, 3.63) is 76.1 Å². The van der Waals surface area contributed by atoms with Crippen LogP contribution in [0.2, 0.25) is 0 Å². The average molecular weight is 344 g/mol. The Kier molecular flexibility index (Phi) is 3.80. The molecule has 3 rings (SSSR count). The van der Waals surface area contributed by atoms with Gasteiger partial charge in [-0.3, -0.25) is 9.78 Å². The molecule has 0 aliphatic heterocycles. The second kappa shape index (κ2) is 5.74. The highest BCUT2D eigenvalue weighted by atomic mass is 79.9. The Hall–Kier alpha value is -2.07. The number of carbonyl (C=O) groups is 1. The van der Waals surface area contributed by atoms with Crippen molar-refractivity contribution in [2.75, 3.05) is 0 Å². The molecule has 0 radical (unpaired) electrons. The van der Waals surface area contributed by atoms with E-state index in [2.05, 4.69) is 20.9 Å². The Morgan fingerprint density at radius 3 is 2.81 bits per heavy atom. The first-order valence-electron chi connectivity index (χ1n) is 6.46. The number of para-hydroxylation sites is 1. The fraction of sp³-hybridized carbons (Fsp3) is 0.0588. The first kappa shape index (κ1) is 13.9. The highest BCUT2D eigenvalue weighted by molar-refractivity contribution is 9.10. The van der Waals surface area contributed by atoms with Gasteiger partial charge in [0.25, 0.3) is 0 Å². The number of aromatic nitrogens is 1. The zero-order valence-corrected chi connectivity index (χ0v) is 12.6. The molecule has 2 aromatic carbocycles. The second-order valence-electron chi connectivity index (χ2n) is 4.72. The summed E-state index contributed by atoms with van der Waals surface area (Å²) in [4.78, 5) is 16.8. The molecule has 0 bridgehead atoms. The van der Waals surface area contributed by atoms with Crippen molar-refractivity contribution in [1.29, 1.82) is 0 Å². The van der Waals surface area contributed by atoms with Crippen LogP contribution < -0.4 is 0 Å². The summed E-state index contributed by atoms with van der Waals surface area (Å²) in [5.74, 6) is -0.428. The topological polar surface area (TPSA) is 30.0 Å². The van der Waals surface area contributed by atoms with Gasteiger partial charge in [-0.05, 0) is 35.9 Å². The maximum absolute atomic E-state index is 13.3. The molecule has 1 heterocycles. The molecule has 0 N–H and O–H groups in total. The van der Waals surface area contributed by atoms with Gasteiger partial charge in [0.05, 0.1) is 5.52 Å². The van der Waals surface area contributed by atoms with E-state index in [0.29, 0.717) is 16.6 Å². The molecule has 0 saturated heterocycles. The Morgan fingerprint density at radius 2 is 1.95 bits per heavy atom. The van der Waals surface area contributed by atoms with Crippen LogP contribution >= 0.6 is 15.9 Å². The second-order valence-corrected chi connectivity index (χ2v) is 5.57. The summed E-state index contributed by atoms with van der Waals surface area (Å²) >= 11 is 3.35. The van der Waals surface area contributed by atoms with Crippen molar-refractivity contribution in [3.63, 3.8) is 0 Å². The van der Waals surface area contributed by atoms with Crippen molar-refractivity contribution in [2.24, 2.45) is 0 Å². The first-order chi connectivity index (χ1) is 10.1. The van der Waals surface area contributed by atoms with E-state index in [1.807, 2.05) is 24.3 Å². The number of benzene rings is 2. The third-order valence-corrected chi connectivity index (χ3v) is 4.07. The molecule has 21 heavy (non-hydrogen) atoms. The van der Waals surface area contributed by atoms with Crippen LogP contribution in [0.15, 0.2) is 59.2 Å². The van der Waals surface area contributed by atoms with E-state index in [0.717, 1.165) is 9.86 Å². The largest absolute Gasteiger partial charge is 0.294 e. The fourth-order valence-electron chi connectivity index (χ4n) is 2.28. The van der Waals surface area contributed by atoms with Gasteiger partial charge in [0.2, 0.25) is 0 Å². The van der Waals surface area contributed by atoms with Crippen molar-refractivity contribution in [1.82, 2.24) is 4.98 Å². The summed E-state index contributed by atoms with van der Waals surface area (Å²) in [5, 5.41) is 0.918. The lowest BCUT2D eigenvalue weighted by Crippen LogP contribution is -2.06. The van der Waals surface area contributed by atoms with Crippen LogP contribution in [0, 0.1) is 5.82 Å². The Balaban J connectivity index is 1.99. The van der Waals surface area contributed by atoms with E-state index in [1.54, 1.807) is 18.3 Å². The first-order valence-corrected chi connectivity index (χ1v) is 7.25. The van der Waals surface area contributed by atoms with Gasteiger partial charge >= 0.3 is 0 Å². The van der Waals surface area contributed by atoms with Gasteiger partial charge < -0.3 is 0 Å². The lowest BCUT2D eigenvalue weighted by Gasteiger charge is -2.07. The molecule has 0 spiro atoms. The van der Waals surface area contributed by atoms with E-state index in [9.17, 15) is 9.18 Å². The van der Waals surface area contributed by atoms with Gasteiger partial charge in [0.15, 0.2) is 5.78 Å². The normalized spacial score (nSPS) is 10.8. The summed E-state index contributed by atoms with van der Waals surface area (Å²) in [5.41, 5.74) is 1.87. The highest BCUT2D eigenvalue weighted by Gasteiger charge is 2.13. The van der Waals surface area contributed by atoms with E-state index >= 15 is 0 Å². The van der Waals surface area contributed by atoms with E-state index in [4.69, 9.17) is 0 Å². The zero-order valence-electron chi connectivity index (χ0n) is 11.0. The maximum atomic E-state index is 13.3. The van der Waals surface area contributed by atoms with Crippen molar-refractivity contribution in [2.45, 2.75) is 6.42 Å². The maximum Gasteiger partial charge on any atom is 0.169 e. The van der Waals surface area contributed by atoms with Crippen LogP contribution in [0.25, 0.3) is 10.9 Å². The summed E-state index contributed by atoms with van der Waals surface area (Å²) < 4.78 is 14.0. The Bertz CT molecular complexity index is 827. The van der Waals surface area contributed by atoms with Crippen LogP contribution in [0.1, 0.15) is 15.9 Å². The Labute approximate surface area is 129 Å². The Morgan fingerprint density at radius 1 is 1.14 bits per heavy atom. The molecule has 0 unspecified atom stereocenters. The van der Waals surface area contributed by atoms with E-state index < -0.39 is 0 Å². The monoisotopic (exact) mass is 343 g/mol. The van der Waals surface area contributed by atoms with Gasteiger partial charge in [0.1, 0.15) is 5.82 Å². The minimum atomic E-state index is -0.350. The van der Waals surface area contributed by atoms with Crippen molar-refractivity contribution in [3.8, 4) is 0 Å². The van der Waals surface area contributed by atoms with Crippen LogP contribution in [0.4, 0.5) is 4.39 Å². The van der Waals surface area contributed by atoms with Gasteiger partial charge in [-0.15, -0.1) is 0 Å². The standard InChI is InChI=1S/C17H11BrFNO/c18-15-7-6-13(19)9-12(15)10-16(21)14-5-1-3-11-4-2-8-20-17(11)14/h1-9H,10H2. The van der Waals surface area contributed by atoms with Crippen LogP contribution in [0.5, 0.6) is 0 Å². The van der Waals surface area contributed by atoms with Crippen LogP contribution in [-0.2, 0) is 6.42 Å². The molecule has 0 aliphatic carbocycles. The number of hydrogen-bond donors (Lipinski definition) is 0. The van der Waals surface area contributed by atoms with Crippen LogP contribution in [0.3, 0.4) is 0 Å². The minimum Gasteiger partial charge on any atom is -0.294 e. The van der Waals surface area contributed by atoms with Gasteiger partial charge in [-0.25, -0.2) is 4.39 Å². The number of halogens is 2. The molecule has 2 nitrogen and oxygen atoms in total. The average Bonchev–Trinajstić information content (AvgIpc) is 2.50. The fourth-order valence-corrected chi connectivity index (χ4v) is 2.66. The molecular weight excluding hydrogens is 333 g/mol. The quantitative estimate of drug-likeness (QED) is 0.652. The van der Waals surface area contributed by atoms with Crippen molar-refractivity contribution < 1.29 is 9.18 Å². The lowest BCUT2D eigenvalue weighted by atomic mass is 10.0. The third kappa shape index (κ3) is 2.85. The molecule has 0 amide bonds. The zero-order chi connectivity index (χ0) is 14.8. The summed E-state index contributed by atoms with van der Waals surface area (Å²) in [6.07, 6.45) is 1.80. The predicted octanol–water partition coefficient (Wildman–Crippen LogP) is 4.56. The number of Topliss-reactive ketones (excluding diaryl/α,β-unsaturated/α-hetero) is 1. The lowest BCUT2D eigenvalue weighted by molar-refractivity contribution is 0.0994. The number of pyridine rings is 1. The van der Waals surface area contributed by atoms with Gasteiger partial charge in [-0.1, -0.05) is 34.1 Å².